The summed E-state index contributed by atoms with van der Waals surface area (Å²) in [5.74, 6) is 1.23. The lowest BCUT2D eigenvalue weighted by atomic mass is 9.89. The molecule has 2 aliphatic heterocycles. The van der Waals surface area contributed by atoms with Crippen molar-refractivity contribution in [2.24, 2.45) is 5.92 Å². The number of ether oxygens (including phenoxy) is 1. The Morgan fingerprint density at radius 1 is 1.07 bits per heavy atom. The average molecular weight is 422 g/mol. The SMILES string of the molecule is CC(NC(=O)CC1CC2CCC(C1)N2)c1ccc(OCC(=O)NC2CC2)cc1.Cl. The molecule has 160 valence electrons. The van der Waals surface area contributed by atoms with Crippen molar-refractivity contribution in [2.45, 2.75) is 76.0 Å². The zero-order valence-corrected chi connectivity index (χ0v) is 17.8. The van der Waals surface area contributed by atoms with Gasteiger partial charge in [-0.15, -0.1) is 12.4 Å². The summed E-state index contributed by atoms with van der Waals surface area (Å²) >= 11 is 0. The second-order valence-corrected chi connectivity index (χ2v) is 8.67. The predicted octanol–water partition coefficient (Wildman–Crippen LogP) is 2.86. The van der Waals surface area contributed by atoms with Crippen LogP contribution in [-0.4, -0.2) is 36.5 Å². The van der Waals surface area contributed by atoms with Gasteiger partial charge in [0, 0.05) is 24.5 Å². The van der Waals surface area contributed by atoms with Crippen molar-refractivity contribution in [1.82, 2.24) is 16.0 Å². The fourth-order valence-corrected chi connectivity index (χ4v) is 4.49. The van der Waals surface area contributed by atoms with Crippen molar-refractivity contribution in [1.29, 1.82) is 0 Å². The van der Waals surface area contributed by atoms with Gasteiger partial charge >= 0.3 is 0 Å². The second-order valence-electron chi connectivity index (χ2n) is 8.67. The van der Waals surface area contributed by atoms with Crippen LogP contribution in [0.3, 0.4) is 0 Å². The van der Waals surface area contributed by atoms with Gasteiger partial charge in [0.25, 0.3) is 5.91 Å². The maximum atomic E-state index is 12.5. The topological polar surface area (TPSA) is 79.5 Å². The lowest BCUT2D eigenvalue weighted by Crippen LogP contribution is -2.40. The Morgan fingerprint density at radius 3 is 2.34 bits per heavy atom. The zero-order chi connectivity index (χ0) is 19.5. The van der Waals surface area contributed by atoms with Crippen LogP contribution in [0.25, 0.3) is 0 Å². The quantitative estimate of drug-likeness (QED) is 0.603. The van der Waals surface area contributed by atoms with E-state index in [9.17, 15) is 9.59 Å². The van der Waals surface area contributed by atoms with E-state index in [1.165, 1.54) is 12.8 Å². The molecule has 0 aromatic heterocycles. The van der Waals surface area contributed by atoms with Crippen LogP contribution in [0.2, 0.25) is 0 Å². The maximum Gasteiger partial charge on any atom is 0.258 e. The number of halogens is 1. The highest BCUT2D eigenvalue weighted by atomic mass is 35.5. The van der Waals surface area contributed by atoms with Crippen molar-refractivity contribution in [3.05, 3.63) is 29.8 Å². The van der Waals surface area contributed by atoms with E-state index in [1.54, 1.807) is 0 Å². The number of benzene rings is 1. The number of hydrogen-bond acceptors (Lipinski definition) is 4. The molecule has 0 spiro atoms. The van der Waals surface area contributed by atoms with Gasteiger partial charge in [-0.05, 0) is 69.1 Å². The molecule has 3 fully saturated rings. The first kappa shape index (κ1) is 21.9. The van der Waals surface area contributed by atoms with E-state index in [0.29, 0.717) is 36.2 Å². The van der Waals surface area contributed by atoms with E-state index in [4.69, 9.17) is 4.74 Å². The average Bonchev–Trinajstić information content (AvgIpc) is 3.42. The Bertz CT molecular complexity index is 696. The van der Waals surface area contributed by atoms with E-state index < -0.39 is 0 Å². The molecule has 1 saturated carbocycles. The highest BCUT2D eigenvalue weighted by Crippen LogP contribution is 2.32. The minimum atomic E-state index is -0.0708. The van der Waals surface area contributed by atoms with Crippen LogP contribution >= 0.6 is 12.4 Å². The summed E-state index contributed by atoms with van der Waals surface area (Å²) in [7, 11) is 0. The largest absolute Gasteiger partial charge is 0.484 e. The van der Waals surface area contributed by atoms with Gasteiger partial charge in [0.2, 0.25) is 5.91 Å². The van der Waals surface area contributed by atoms with Gasteiger partial charge in [-0.3, -0.25) is 9.59 Å². The van der Waals surface area contributed by atoms with Crippen molar-refractivity contribution in [3.63, 3.8) is 0 Å². The first-order chi connectivity index (χ1) is 13.5. The van der Waals surface area contributed by atoms with Crippen molar-refractivity contribution < 1.29 is 14.3 Å². The molecule has 0 radical (unpaired) electrons. The number of carbonyl (C=O) groups excluding carboxylic acids is 2. The zero-order valence-electron chi connectivity index (χ0n) is 17.0. The molecule has 6 nitrogen and oxygen atoms in total. The molecule has 7 heteroatoms. The third-order valence-electron chi connectivity index (χ3n) is 6.11. The number of fused-ring (bicyclic) bond motifs is 2. The lowest BCUT2D eigenvalue weighted by Gasteiger charge is -2.29. The normalized spacial score (nSPS) is 26.2. The van der Waals surface area contributed by atoms with Crippen molar-refractivity contribution >= 4 is 24.2 Å². The molecule has 1 aromatic carbocycles. The number of nitrogens with one attached hydrogen (secondary N) is 3. The third kappa shape index (κ3) is 6.34. The molecular weight excluding hydrogens is 390 g/mol. The summed E-state index contributed by atoms with van der Waals surface area (Å²) in [4.78, 5) is 24.1. The van der Waals surface area contributed by atoms with E-state index in [-0.39, 0.29) is 36.9 Å². The minimum Gasteiger partial charge on any atom is -0.484 e. The van der Waals surface area contributed by atoms with Crippen LogP contribution in [0.5, 0.6) is 5.75 Å². The number of rotatable bonds is 8. The Hall–Kier alpha value is -1.79. The number of hydrogen-bond donors (Lipinski definition) is 3. The number of amides is 2. The van der Waals surface area contributed by atoms with Crippen LogP contribution in [0, 0.1) is 5.92 Å². The molecule has 1 aliphatic carbocycles. The molecule has 2 bridgehead atoms. The Morgan fingerprint density at radius 2 is 1.72 bits per heavy atom. The molecule has 3 aliphatic rings. The highest BCUT2D eigenvalue weighted by molar-refractivity contribution is 5.85. The van der Waals surface area contributed by atoms with Crippen LogP contribution in [0.4, 0.5) is 0 Å². The third-order valence-corrected chi connectivity index (χ3v) is 6.11. The first-order valence-electron chi connectivity index (χ1n) is 10.6. The molecule has 3 unspecified atom stereocenters. The summed E-state index contributed by atoms with van der Waals surface area (Å²) in [6.45, 7) is 2.04. The number of piperidine rings is 1. The summed E-state index contributed by atoms with van der Waals surface area (Å²) in [6, 6.07) is 9.15. The Labute approximate surface area is 178 Å². The van der Waals surface area contributed by atoms with E-state index in [0.717, 1.165) is 31.2 Å². The maximum absolute atomic E-state index is 12.5. The lowest BCUT2D eigenvalue weighted by molar-refractivity contribution is -0.124. The van der Waals surface area contributed by atoms with Gasteiger partial charge in [-0.2, -0.15) is 0 Å². The molecular formula is C22H32ClN3O3. The molecule has 4 rings (SSSR count). The van der Waals surface area contributed by atoms with Crippen LogP contribution in [0.15, 0.2) is 24.3 Å². The van der Waals surface area contributed by atoms with Gasteiger partial charge in [0.1, 0.15) is 5.75 Å². The molecule has 3 atom stereocenters. The molecule has 29 heavy (non-hydrogen) atoms. The second kappa shape index (κ2) is 9.81. The Kier molecular flexibility index (Phi) is 7.41. The summed E-state index contributed by atoms with van der Waals surface area (Å²) in [5, 5.41) is 9.66. The van der Waals surface area contributed by atoms with E-state index >= 15 is 0 Å². The fraction of sp³-hybridized carbons (Fsp3) is 0.636. The first-order valence-corrected chi connectivity index (χ1v) is 10.6. The molecule has 2 amide bonds. The van der Waals surface area contributed by atoms with Gasteiger partial charge in [-0.1, -0.05) is 12.1 Å². The standard InChI is InChI=1S/C22H31N3O3.ClH/c1-14(23-21(26)12-15-10-18-6-7-19(11-15)24-18)16-2-8-20(9-3-16)28-13-22(27)25-17-4-5-17;/h2-3,8-9,14-15,17-19,24H,4-7,10-13H2,1H3,(H,23,26)(H,25,27);1H. The van der Waals surface area contributed by atoms with Crippen LogP contribution in [0.1, 0.15) is 63.5 Å². The molecule has 2 saturated heterocycles. The minimum absolute atomic E-state index is 0. The predicted molar refractivity (Wildman–Crippen MR) is 114 cm³/mol. The summed E-state index contributed by atoms with van der Waals surface area (Å²) < 4.78 is 5.53. The smallest absolute Gasteiger partial charge is 0.258 e. The molecule has 3 N–H and O–H groups in total. The van der Waals surface area contributed by atoms with Gasteiger partial charge in [-0.25, -0.2) is 0 Å². The van der Waals surface area contributed by atoms with Gasteiger partial charge in [0.15, 0.2) is 6.61 Å². The number of carbonyl (C=O) groups is 2. The fourth-order valence-electron chi connectivity index (χ4n) is 4.49. The molecule has 2 heterocycles. The van der Waals surface area contributed by atoms with Crippen molar-refractivity contribution in [3.8, 4) is 5.75 Å². The molecule has 1 aromatic rings. The van der Waals surface area contributed by atoms with Gasteiger partial charge < -0.3 is 20.7 Å². The van der Waals surface area contributed by atoms with Crippen molar-refractivity contribution in [2.75, 3.05) is 6.61 Å². The highest BCUT2D eigenvalue weighted by Gasteiger charge is 2.34. The summed E-state index contributed by atoms with van der Waals surface area (Å²) in [5.41, 5.74) is 1.04. The monoisotopic (exact) mass is 421 g/mol. The van der Waals surface area contributed by atoms with Gasteiger partial charge in [0.05, 0.1) is 6.04 Å². The summed E-state index contributed by atoms with van der Waals surface area (Å²) in [6.07, 6.45) is 7.53. The Balaban J connectivity index is 0.00000240. The van der Waals surface area contributed by atoms with E-state index in [1.807, 2.05) is 31.2 Å². The van der Waals surface area contributed by atoms with Crippen LogP contribution in [-0.2, 0) is 9.59 Å². The van der Waals surface area contributed by atoms with E-state index in [2.05, 4.69) is 16.0 Å². The van der Waals surface area contributed by atoms with Crippen LogP contribution < -0.4 is 20.7 Å².